The average Bonchev–Trinajstić information content (AvgIpc) is 2.68. The van der Waals surface area contributed by atoms with Crippen LogP contribution in [0, 0.1) is 13.8 Å². The van der Waals surface area contributed by atoms with E-state index in [1.807, 2.05) is 6.07 Å². The van der Waals surface area contributed by atoms with E-state index in [1.165, 1.54) is 22.2 Å². The summed E-state index contributed by atoms with van der Waals surface area (Å²) in [6, 6.07) is 4.14. The SMILES string of the molecule is COc1ccc(C)c2c(C(C)(C)CCN)c(C)[nH]c12. The van der Waals surface area contributed by atoms with Gasteiger partial charge in [-0.25, -0.2) is 0 Å². The molecule has 0 aliphatic carbocycles. The normalized spacial score (nSPS) is 12.1. The molecule has 0 atom stereocenters. The maximum Gasteiger partial charge on any atom is 0.142 e. The fraction of sp³-hybridized carbons (Fsp3) is 0.500. The van der Waals surface area contributed by atoms with Gasteiger partial charge in [-0.05, 0) is 49.4 Å². The first kappa shape index (κ1) is 13.9. The number of ether oxygens (including phenoxy) is 1. The Labute approximate surface area is 115 Å². The summed E-state index contributed by atoms with van der Waals surface area (Å²) in [4.78, 5) is 3.49. The maximum absolute atomic E-state index is 5.77. The number of nitrogens with one attached hydrogen (secondary N) is 1. The standard InChI is InChI=1S/C16H24N2O/c1-10-6-7-12(19-5)15-13(10)14(11(2)18-15)16(3,4)8-9-17/h6-7,18H,8-9,17H2,1-5H3. The van der Waals surface area contributed by atoms with Crippen LogP contribution in [0.2, 0.25) is 0 Å². The summed E-state index contributed by atoms with van der Waals surface area (Å²) in [5.74, 6) is 0.901. The van der Waals surface area contributed by atoms with Gasteiger partial charge in [-0.2, -0.15) is 0 Å². The minimum absolute atomic E-state index is 0.0637. The second kappa shape index (κ2) is 4.89. The number of fused-ring (bicyclic) bond motifs is 1. The number of hydrogen-bond acceptors (Lipinski definition) is 2. The minimum Gasteiger partial charge on any atom is -0.495 e. The van der Waals surface area contributed by atoms with Gasteiger partial charge in [0, 0.05) is 11.1 Å². The lowest BCUT2D eigenvalue weighted by Gasteiger charge is -2.25. The minimum atomic E-state index is 0.0637. The Hall–Kier alpha value is -1.48. The van der Waals surface area contributed by atoms with E-state index in [1.54, 1.807) is 7.11 Å². The van der Waals surface area contributed by atoms with Crippen LogP contribution in [0.4, 0.5) is 0 Å². The van der Waals surface area contributed by atoms with Crippen molar-refractivity contribution in [3.8, 4) is 5.75 Å². The molecule has 0 spiro atoms. The highest BCUT2D eigenvalue weighted by atomic mass is 16.5. The fourth-order valence-corrected chi connectivity index (χ4v) is 3.07. The summed E-state index contributed by atoms with van der Waals surface area (Å²) in [5.41, 5.74) is 10.8. The number of aromatic amines is 1. The smallest absolute Gasteiger partial charge is 0.142 e. The second-order valence-electron chi connectivity index (χ2n) is 5.88. The number of aromatic nitrogens is 1. The lowest BCUT2D eigenvalue weighted by atomic mass is 9.79. The highest BCUT2D eigenvalue weighted by Gasteiger charge is 2.27. The van der Waals surface area contributed by atoms with Crippen LogP contribution >= 0.6 is 0 Å². The Balaban J connectivity index is 2.78. The summed E-state index contributed by atoms with van der Waals surface area (Å²) in [6.07, 6.45) is 0.970. The molecule has 0 fully saturated rings. The van der Waals surface area contributed by atoms with E-state index in [9.17, 15) is 0 Å². The van der Waals surface area contributed by atoms with Gasteiger partial charge < -0.3 is 15.5 Å². The van der Waals surface area contributed by atoms with Crippen LogP contribution in [0.1, 0.15) is 37.1 Å². The van der Waals surface area contributed by atoms with Gasteiger partial charge in [0.15, 0.2) is 0 Å². The Morgan fingerprint density at radius 1 is 1.26 bits per heavy atom. The van der Waals surface area contributed by atoms with Gasteiger partial charge in [-0.1, -0.05) is 19.9 Å². The Kier molecular flexibility index (Phi) is 3.59. The van der Waals surface area contributed by atoms with E-state index in [2.05, 4.69) is 38.7 Å². The molecule has 0 bridgehead atoms. The second-order valence-corrected chi connectivity index (χ2v) is 5.88. The van der Waals surface area contributed by atoms with Crippen molar-refractivity contribution < 1.29 is 4.74 Å². The number of aryl methyl sites for hydroxylation is 2. The van der Waals surface area contributed by atoms with Crippen molar-refractivity contribution >= 4 is 10.9 Å². The third-order valence-electron chi connectivity index (χ3n) is 3.98. The van der Waals surface area contributed by atoms with Gasteiger partial charge in [0.05, 0.1) is 12.6 Å². The van der Waals surface area contributed by atoms with Crippen molar-refractivity contribution in [3.63, 3.8) is 0 Å². The van der Waals surface area contributed by atoms with Crippen LogP contribution in [0.25, 0.3) is 10.9 Å². The molecule has 3 N–H and O–H groups in total. The van der Waals surface area contributed by atoms with Crippen molar-refractivity contribution in [2.45, 2.75) is 39.5 Å². The molecular weight excluding hydrogens is 236 g/mol. The van der Waals surface area contributed by atoms with Gasteiger partial charge in [-0.3, -0.25) is 0 Å². The predicted octanol–water partition coefficient (Wildman–Crippen LogP) is 3.42. The summed E-state index contributed by atoms with van der Waals surface area (Å²) in [6.45, 7) is 9.49. The van der Waals surface area contributed by atoms with Crippen LogP contribution in [-0.4, -0.2) is 18.6 Å². The molecule has 2 rings (SSSR count). The van der Waals surface area contributed by atoms with Crippen LogP contribution in [0.5, 0.6) is 5.75 Å². The zero-order chi connectivity index (χ0) is 14.2. The number of benzene rings is 1. The Morgan fingerprint density at radius 2 is 1.95 bits per heavy atom. The first-order valence-electron chi connectivity index (χ1n) is 6.78. The summed E-state index contributed by atoms with van der Waals surface area (Å²) < 4.78 is 5.47. The fourth-order valence-electron chi connectivity index (χ4n) is 3.07. The molecule has 1 aromatic heterocycles. The van der Waals surface area contributed by atoms with Crippen molar-refractivity contribution in [3.05, 3.63) is 29.0 Å². The summed E-state index contributed by atoms with van der Waals surface area (Å²) in [5, 5.41) is 1.29. The summed E-state index contributed by atoms with van der Waals surface area (Å²) >= 11 is 0. The van der Waals surface area contributed by atoms with E-state index in [4.69, 9.17) is 10.5 Å². The topological polar surface area (TPSA) is 51.0 Å². The number of hydrogen-bond donors (Lipinski definition) is 2. The van der Waals surface area contributed by atoms with Crippen LogP contribution in [-0.2, 0) is 5.41 Å². The molecule has 0 saturated carbocycles. The van der Waals surface area contributed by atoms with Crippen molar-refractivity contribution in [2.24, 2.45) is 5.73 Å². The number of methoxy groups -OCH3 is 1. The summed E-state index contributed by atoms with van der Waals surface area (Å²) in [7, 11) is 1.71. The molecule has 0 saturated heterocycles. The quantitative estimate of drug-likeness (QED) is 0.885. The van der Waals surface area contributed by atoms with Crippen LogP contribution < -0.4 is 10.5 Å². The molecule has 3 heteroatoms. The van der Waals surface area contributed by atoms with E-state index in [-0.39, 0.29) is 5.41 Å². The molecule has 104 valence electrons. The molecule has 1 heterocycles. The van der Waals surface area contributed by atoms with Crippen LogP contribution in [0.15, 0.2) is 12.1 Å². The van der Waals surface area contributed by atoms with Crippen molar-refractivity contribution in [1.29, 1.82) is 0 Å². The van der Waals surface area contributed by atoms with Gasteiger partial charge in [-0.15, -0.1) is 0 Å². The number of H-pyrrole nitrogens is 1. The Morgan fingerprint density at radius 3 is 2.53 bits per heavy atom. The lowest BCUT2D eigenvalue weighted by Crippen LogP contribution is -2.22. The molecule has 0 radical (unpaired) electrons. The highest BCUT2D eigenvalue weighted by Crippen LogP contribution is 2.39. The molecular formula is C16H24N2O. The molecule has 19 heavy (non-hydrogen) atoms. The van der Waals surface area contributed by atoms with E-state index < -0.39 is 0 Å². The van der Waals surface area contributed by atoms with Crippen molar-refractivity contribution in [1.82, 2.24) is 4.98 Å². The lowest BCUT2D eigenvalue weighted by molar-refractivity contribution is 0.419. The molecule has 0 aliphatic rings. The van der Waals surface area contributed by atoms with E-state index in [0.29, 0.717) is 6.54 Å². The molecule has 0 unspecified atom stereocenters. The zero-order valence-corrected chi connectivity index (χ0v) is 12.6. The molecule has 3 nitrogen and oxygen atoms in total. The molecule has 1 aromatic carbocycles. The largest absolute Gasteiger partial charge is 0.495 e. The van der Waals surface area contributed by atoms with E-state index in [0.717, 1.165) is 17.7 Å². The third kappa shape index (κ3) is 2.23. The van der Waals surface area contributed by atoms with E-state index >= 15 is 0 Å². The van der Waals surface area contributed by atoms with Gasteiger partial charge in [0.25, 0.3) is 0 Å². The monoisotopic (exact) mass is 260 g/mol. The molecule has 0 amide bonds. The first-order chi connectivity index (χ1) is 8.92. The van der Waals surface area contributed by atoms with Crippen molar-refractivity contribution in [2.75, 3.05) is 13.7 Å². The maximum atomic E-state index is 5.77. The highest BCUT2D eigenvalue weighted by molar-refractivity contribution is 5.93. The van der Waals surface area contributed by atoms with Gasteiger partial charge in [0.1, 0.15) is 5.75 Å². The van der Waals surface area contributed by atoms with Crippen LogP contribution in [0.3, 0.4) is 0 Å². The first-order valence-corrected chi connectivity index (χ1v) is 6.78. The third-order valence-corrected chi connectivity index (χ3v) is 3.98. The van der Waals surface area contributed by atoms with Gasteiger partial charge in [0.2, 0.25) is 0 Å². The number of rotatable bonds is 4. The predicted molar refractivity (Wildman–Crippen MR) is 81.0 cm³/mol. The average molecular weight is 260 g/mol. The number of nitrogens with two attached hydrogens (primary N) is 1. The molecule has 2 aromatic rings. The Bertz CT molecular complexity index is 596. The van der Waals surface area contributed by atoms with Gasteiger partial charge >= 0.3 is 0 Å². The zero-order valence-electron chi connectivity index (χ0n) is 12.6. The molecule has 0 aliphatic heterocycles.